The Bertz CT molecular complexity index is 422. The number of hydrogen-bond acceptors (Lipinski definition) is 4. The van der Waals surface area contributed by atoms with E-state index in [1.807, 2.05) is 12.1 Å². The normalized spacial score (nSPS) is 15.9. The first-order valence-electron chi connectivity index (χ1n) is 6.67. The Morgan fingerprint density at radius 1 is 1.26 bits per heavy atom. The van der Waals surface area contributed by atoms with Crippen molar-refractivity contribution in [1.29, 1.82) is 5.26 Å². The minimum atomic E-state index is 0.512. The van der Waals surface area contributed by atoms with Gasteiger partial charge in [-0.3, -0.25) is 0 Å². The van der Waals surface area contributed by atoms with E-state index in [9.17, 15) is 0 Å². The Morgan fingerprint density at radius 3 is 2.89 bits per heavy atom. The molecule has 0 radical (unpaired) electrons. The van der Waals surface area contributed by atoms with Crippen molar-refractivity contribution in [3.05, 3.63) is 29.8 Å². The summed E-state index contributed by atoms with van der Waals surface area (Å²) in [5.74, 6) is 1.34. The van der Waals surface area contributed by atoms with Gasteiger partial charge in [0.1, 0.15) is 12.4 Å². The van der Waals surface area contributed by atoms with Crippen LogP contribution in [-0.2, 0) is 9.47 Å². The van der Waals surface area contributed by atoms with E-state index in [2.05, 4.69) is 6.07 Å². The third-order valence-electron chi connectivity index (χ3n) is 3.15. The van der Waals surface area contributed by atoms with Gasteiger partial charge in [-0.2, -0.15) is 5.26 Å². The van der Waals surface area contributed by atoms with E-state index in [1.54, 1.807) is 12.1 Å². The SMILES string of the molecule is N#Cc1cccc(OCCOCC2CCOCC2)c1. The molecule has 1 aliphatic heterocycles. The van der Waals surface area contributed by atoms with Gasteiger partial charge in [-0.1, -0.05) is 6.07 Å². The van der Waals surface area contributed by atoms with Crippen molar-refractivity contribution in [3.63, 3.8) is 0 Å². The lowest BCUT2D eigenvalue weighted by molar-refractivity contribution is 0.0139. The molecule has 0 N–H and O–H groups in total. The van der Waals surface area contributed by atoms with Gasteiger partial charge in [0, 0.05) is 19.8 Å². The minimum Gasteiger partial charge on any atom is -0.491 e. The fraction of sp³-hybridized carbons (Fsp3) is 0.533. The lowest BCUT2D eigenvalue weighted by Crippen LogP contribution is -2.21. The lowest BCUT2D eigenvalue weighted by Gasteiger charge is -2.21. The largest absolute Gasteiger partial charge is 0.491 e. The summed E-state index contributed by atoms with van der Waals surface area (Å²) in [4.78, 5) is 0. The maximum absolute atomic E-state index is 8.78. The molecule has 2 rings (SSSR count). The molecule has 1 aromatic rings. The van der Waals surface area contributed by atoms with Gasteiger partial charge in [-0.15, -0.1) is 0 Å². The van der Waals surface area contributed by atoms with Crippen LogP contribution in [0.25, 0.3) is 0 Å². The first-order chi connectivity index (χ1) is 9.38. The molecule has 0 saturated carbocycles. The molecular weight excluding hydrogens is 242 g/mol. The van der Waals surface area contributed by atoms with Gasteiger partial charge in [-0.25, -0.2) is 0 Å². The van der Waals surface area contributed by atoms with Gasteiger partial charge in [0.25, 0.3) is 0 Å². The first kappa shape index (κ1) is 13.9. The molecule has 0 amide bonds. The number of ether oxygens (including phenoxy) is 3. The zero-order chi connectivity index (χ0) is 13.3. The average molecular weight is 261 g/mol. The second-order valence-electron chi connectivity index (χ2n) is 4.62. The van der Waals surface area contributed by atoms with Gasteiger partial charge in [0.05, 0.1) is 18.2 Å². The third-order valence-corrected chi connectivity index (χ3v) is 3.15. The fourth-order valence-corrected chi connectivity index (χ4v) is 2.04. The average Bonchev–Trinajstić information content (AvgIpc) is 2.48. The van der Waals surface area contributed by atoms with E-state index < -0.39 is 0 Å². The quantitative estimate of drug-likeness (QED) is 0.738. The second kappa shape index (κ2) is 7.78. The van der Waals surface area contributed by atoms with Crippen LogP contribution in [0.1, 0.15) is 18.4 Å². The number of benzene rings is 1. The molecule has 0 aliphatic carbocycles. The smallest absolute Gasteiger partial charge is 0.120 e. The van der Waals surface area contributed by atoms with Crippen molar-refractivity contribution in [2.45, 2.75) is 12.8 Å². The molecule has 4 nitrogen and oxygen atoms in total. The molecule has 0 spiro atoms. The van der Waals surface area contributed by atoms with Crippen molar-refractivity contribution < 1.29 is 14.2 Å². The van der Waals surface area contributed by atoms with Crippen LogP contribution in [0.15, 0.2) is 24.3 Å². The monoisotopic (exact) mass is 261 g/mol. The van der Waals surface area contributed by atoms with E-state index in [0.29, 0.717) is 30.4 Å². The Labute approximate surface area is 113 Å². The summed E-state index contributed by atoms with van der Waals surface area (Å²) in [6.07, 6.45) is 2.18. The van der Waals surface area contributed by atoms with E-state index in [1.165, 1.54) is 0 Å². The van der Waals surface area contributed by atoms with Gasteiger partial charge >= 0.3 is 0 Å². The van der Waals surface area contributed by atoms with Crippen molar-refractivity contribution in [1.82, 2.24) is 0 Å². The van der Waals surface area contributed by atoms with Crippen LogP contribution >= 0.6 is 0 Å². The van der Waals surface area contributed by atoms with E-state index in [-0.39, 0.29) is 0 Å². The molecule has 0 aromatic heterocycles. The summed E-state index contributed by atoms with van der Waals surface area (Å²) in [6.45, 7) is 3.58. The minimum absolute atomic E-state index is 0.512. The van der Waals surface area contributed by atoms with Crippen LogP contribution in [0.5, 0.6) is 5.75 Å². The van der Waals surface area contributed by atoms with Crippen molar-refractivity contribution in [3.8, 4) is 11.8 Å². The third kappa shape index (κ3) is 4.90. The molecule has 1 fully saturated rings. The zero-order valence-corrected chi connectivity index (χ0v) is 11.0. The molecule has 1 heterocycles. The van der Waals surface area contributed by atoms with Crippen LogP contribution in [0, 0.1) is 17.2 Å². The first-order valence-corrected chi connectivity index (χ1v) is 6.67. The highest BCUT2D eigenvalue weighted by atomic mass is 16.5. The molecular formula is C15H19NO3. The van der Waals surface area contributed by atoms with Crippen LogP contribution in [-0.4, -0.2) is 33.0 Å². The predicted molar refractivity (Wildman–Crippen MR) is 71.0 cm³/mol. The topological polar surface area (TPSA) is 51.5 Å². The van der Waals surface area contributed by atoms with Crippen LogP contribution in [0.2, 0.25) is 0 Å². The van der Waals surface area contributed by atoms with Gasteiger partial charge in [0.2, 0.25) is 0 Å². The summed E-state index contributed by atoms with van der Waals surface area (Å²) >= 11 is 0. The van der Waals surface area contributed by atoms with Gasteiger partial charge in [0.15, 0.2) is 0 Å². The Kier molecular flexibility index (Phi) is 5.67. The van der Waals surface area contributed by atoms with Crippen LogP contribution in [0.4, 0.5) is 0 Å². The summed E-state index contributed by atoms with van der Waals surface area (Å²) in [5, 5.41) is 8.78. The number of nitrogens with zero attached hydrogens (tertiary/aromatic N) is 1. The fourth-order valence-electron chi connectivity index (χ4n) is 2.04. The van der Waals surface area contributed by atoms with Crippen molar-refractivity contribution in [2.75, 3.05) is 33.0 Å². The molecule has 0 bridgehead atoms. The summed E-state index contributed by atoms with van der Waals surface area (Å²) in [7, 11) is 0. The maximum Gasteiger partial charge on any atom is 0.120 e. The number of rotatable bonds is 6. The Hall–Kier alpha value is -1.57. The highest BCUT2D eigenvalue weighted by Crippen LogP contribution is 2.15. The predicted octanol–water partition coefficient (Wildman–Crippen LogP) is 2.38. The van der Waals surface area contributed by atoms with Crippen molar-refractivity contribution >= 4 is 0 Å². The number of nitriles is 1. The molecule has 19 heavy (non-hydrogen) atoms. The molecule has 4 heteroatoms. The second-order valence-corrected chi connectivity index (χ2v) is 4.62. The van der Waals surface area contributed by atoms with E-state index in [0.717, 1.165) is 32.7 Å². The molecule has 1 aromatic carbocycles. The van der Waals surface area contributed by atoms with Crippen molar-refractivity contribution in [2.24, 2.45) is 5.92 Å². The lowest BCUT2D eigenvalue weighted by atomic mass is 10.0. The van der Waals surface area contributed by atoms with Gasteiger partial charge in [-0.05, 0) is 37.0 Å². The molecule has 1 saturated heterocycles. The van der Waals surface area contributed by atoms with Gasteiger partial charge < -0.3 is 14.2 Å². The van der Waals surface area contributed by atoms with Crippen LogP contribution in [0.3, 0.4) is 0 Å². The standard InChI is InChI=1S/C15H19NO3/c16-11-14-2-1-3-15(10-14)19-9-8-18-12-13-4-6-17-7-5-13/h1-3,10,13H,4-9,12H2. The molecule has 102 valence electrons. The molecule has 0 unspecified atom stereocenters. The highest BCUT2D eigenvalue weighted by molar-refractivity contribution is 5.36. The van der Waals surface area contributed by atoms with E-state index in [4.69, 9.17) is 19.5 Å². The molecule has 0 atom stereocenters. The zero-order valence-electron chi connectivity index (χ0n) is 11.0. The highest BCUT2D eigenvalue weighted by Gasteiger charge is 2.13. The summed E-state index contributed by atoms with van der Waals surface area (Å²) in [6, 6.07) is 9.24. The van der Waals surface area contributed by atoms with Crippen LogP contribution < -0.4 is 4.74 Å². The number of hydrogen-bond donors (Lipinski definition) is 0. The summed E-state index contributed by atoms with van der Waals surface area (Å²) in [5.41, 5.74) is 0.612. The molecule has 1 aliphatic rings. The maximum atomic E-state index is 8.78. The Balaban J connectivity index is 1.59. The van der Waals surface area contributed by atoms with E-state index >= 15 is 0 Å². The Morgan fingerprint density at radius 2 is 2.11 bits per heavy atom. The summed E-state index contributed by atoms with van der Waals surface area (Å²) < 4.78 is 16.4.